The molecule has 1 aromatic rings. The van der Waals surface area contributed by atoms with Gasteiger partial charge >= 0.3 is 17.1 Å². The fourth-order valence-electron chi connectivity index (χ4n) is 0.403. The summed E-state index contributed by atoms with van der Waals surface area (Å²) in [7, 11) is 0. The topological polar surface area (TPSA) is 148 Å². The van der Waals surface area contributed by atoms with Gasteiger partial charge in [-0.2, -0.15) is 5.26 Å². The second-order valence-corrected chi connectivity index (χ2v) is 1.49. The lowest BCUT2D eigenvalue weighted by Crippen LogP contribution is -2.34. The zero-order valence-electron chi connectivity index (χ0n) is 6.16. The van der Waals surface area contributed by atoms with E-state index in [-0.39, 0.29) is 12.4 Å². The summed E-state index contributed by atoms with van der Waals surface area (Å²) < 4.78 is 0. The molecular weight excluding hydrogens is 202 g/mol. The fourth-order valence-corrected chi connectivity index (χ4v) is 0.403. The third kappa shape index (κ3) is 6.39. The molecule has 13 heavy (non-hydrogen) atoms. The van der Waals surface area contributed by atoms with Gasteiger partial charge in [0, 0.05) is 0 Å². The average Bonchev–Trinajstić information content (AvgIpc) is 1.84. The van der Waals surface area contributed by atoms with Crippen LogP contribution in [0, 0.1) is 11.5 Å². The van der Waals surface area contributed by atoms with Crippen molar-refractivity contribution in [3.8, 4) is 6.19 Å². The van der Waals surface area contributed by atoms with Gasteiger partial charge in [-0.1, -0.05) is 0 Å². The van der Waals surface area contributed by atoms with Crippen LogP contribution in [0.2, 0.25) is 0 Å². The standard InChI is InChI=1S/C3H3N3O3.CH2N2.ClH/c7-1-4-2(8)6-3(9)5-1;2-1-3;/h(H3,4,5,6,7,8,9);2H2;1H. The van der Waals surface area contributed by atoms with Crippen molar-refractivity contribution in [1.29, 1.82) is 5.26 Å². The van der Waals surface area contributed by atoms with Crippen LogP contribution in [-0.2, 0) is 0 Å². The number of nitrogens with one attached hydrogen (secondary N) is 3. The van der Waals surface area contributed by atoms with E-state index in [2.05, 4.69) is 5.73 Å². The van der Waals surface area contributed by atoms with Crippen molar-refractivity contribution in [1.82, 2.24) is 15.0 Å². The van der Waals surface area contributed by atoms with Crippen molar-refractivity contribution in [2.75, 3.05) is 0 Å². The highest BCUT2D eigenvalue weighted by Gasteiger charge is 1.84. The fraction of sp³-hybridized carbons (Fsp3) is 0. The highest BCUT2D eigenvalue weighted by Crippen LogP contribution is 1.29. The molecule has 0 spiro atoms. The number of nitrogens with two attached hydrogens (primary N) is 1. The molecule has 0 aliphatic rings. The summed E-state index contributed by atoms with van der Waals surface area (Å²) in [6.45, 7) is 0. The zero-order valence-corrected chi connectivity index (χ0v) is 6.97. The number of hydrogen-bond acceptors (Lipinski definition) is 5. The van der Waals surface area contributed by atoms with Gasteiger partial charge in [-0.3, -0.25) is 15.0 Å². The highest BCUT2D eigenvalue weighted by molar-refractivity contribution is 5.85. The zero-order chi connectivity index (χ0) is 9.56. The van der Waals surface area contributed by atoms with E-state index in [1.54, 1.807) is 15.0 Å². The minimum absolute atomic E-state index is 0. The molecule has 1 aromatic heterocycles. The van der Waals surface area contributed by atoms with E-state index in [1.807, 2.05) is 0 Å². The molecule has 9 heteroatoms. The number of aromatic amines is 3. The van der Waals surface area contributed by atoms with E-state index < -0.39 is 17.1 Å². The molecular formula is C4H6ClN5O3. The van der Waals surface area contributed by atoms with Gasteiger partial charge in [0.1, 0.15) is 0 Å². The monoisotopic (exact) mass is 207 g/mol. The molecule has 72 valence electrons. The van der Waals surface area contributed by atoms with Crippen LogP contribution in [0.1, 0.15) is 0 Å². The number of nitriles is 1. The molecule has 0 aromatic carbocycles. The maximum Gasteiger partial charge on any atom is 0.330 e. The molecule has 0 saturated carbocycles. The number of hydrogen-bond donors (Lipinski definition) is 4. The van der Waals surface area contributed by atoms with Crippen LogP contribution in [0.25, 0.3) is 0 Å². The molecule has 0 unspecified atom stereocenters. The van der Waals surface area contributed by atoms with Gasteiger partial charge in [-0.15, -0.1) is 12.4 Å². The highest BCUT2D eigenvalue weighted by atomic mass is 35.5. The van der Waals surface area contributed by atoms with Gasteiger partial charge < -0.3 is 5.73 Å². The molecule has 1 heterocycles. The van der Waals surface area contributed by atoms with Crippen LogP contribution >= 0.6 is 12.4 Å². The van der Waals surface area contributed by atoms with E-state index in [0.29, 0.717) is 0 Å². The number of H-pyrrole nitrogens is 3. The Labute approximate surface area is 76.8 Å². The molecule has 0 fully saturated rings. The number of rotatable bonds is 0. The molecule has 0 aliphatic carbocycles. The van der Waals surface area contributed by atoms with E-state index in [4.69, 9.17) is 5.26 Å². The molecule has 5 N–H and O–H groups in total. The van der Waals surface area contributed by atoms with Crippen molar-refractivity contribution < 1.29 is 0 Å². The summed E-state index contributed by atoms with van der Waals surface area (Å²) >= 11 is 0. The Bertz CT molecular complexity index is 358. The Morgan fingerprint density at radius 2 is 1.15 bits per heavy atom. The maximum atomic E-state index is 10.2. The lowest BCUT2D eigenvalue weighted by molar-refractivity contribution is 0.888. The molecule has 0 bridgehead atoms. The first-order valence-electron chi connectivity index (χ1n) is 2.62. The van der Waals surface area contributed by atoms with E-state index in [0.717, 1.165) is 0 Å². The van der Waals surface area contributed by atoms with Crippen molar-refractivity contribution in [3.05, 3.63) is 31.5 Å². The van der Waals surface area contributed by atoms with Gasteiger partial charge in [0.25, 0.3) is 0 Å². The first-order valence-corrected chi connectivity index (χ1v) is 2.62. The van der Waals surface area contributed by atoms with Gasteiger partial charge in [-0.05, 0) is 0 Å². The predicted octanol–water partition coefficient (Wildman–Crippen LogP) is -2.40. The van der Waals surface area contributed by atoms with Gasteiger partial charge in [0.2, 0.25) is 0 Å². The van der Waals surface area contributed by atoms with E-state index in [9.17, 15) is 14.4 Å². The smallest absolute Gasteiger partial charge is 0.330 e. The van der Waals surface area contributed by atoms with Crippen molar-refractivity contribution in [3.63, 3.8) is 0 Å². The lowest BCUT2D eigenvalue weighted by Gasteiger charge is -1.77. The predicted molar refractivity (Wildman–Crippen MR) is 45.4 cm³/mol. The summed E-state index contributed by atoms with van der Waals surface area (Å²) in [5.41, 5.74) is 1.75. The van der Waals surface area contributed by atoms with Crippen LogP contribution in [0.3, 0.4) is 0 Å². The minimum atomic E-state index is -0.802. The molecule has 1 rings (SSSR count). The van der Waals surface area contributed by atoms with E-state index >= 15 is 0 Å². The summed E-state index contributed by atoms with van der Waals surface area (Å²) in [6, 6.07) is 0. The number of aromatic nitrogens is 3. The Morgan fingerprint density at radius 1 is 1.00 bits per heavy atom. The Hall–Kier alpha value is -2.01. The summed E-state index contributed by atoms with van der Waals surface area (Å²) in [5.74, 6) is 0. The van der Waals surface area contributed by atoms with Crippen LogP contribution in [0.5, 0.6) is 0 Å². The maximum absolute atomic E-state index is 10.2. The quantitative estimate of drug-likeness (QED) is 0.276. The molecule has 8 nitrogen and oxygen atoms in total. The Kier molecular flexibility index (Phi) is 6.98. The Morgan fingerprint density at radius 3 is 1.31 bits per heavy atom. The van der Waals surface area contributed by atoms with Gasteiger partial charge in [0.05, 0.1) is 0 Å². The first kappa shape index (κ1) is 13.6. The van der Waals surface area contributed by atoms with Gasteiger partial charge in [-0.25, -0.2) is 14.4 Å². The second-order valence-electron chi connectivity index (χ2n) is 1.49. The molecule has 0 amide bonds. The van der Waals surface area contributed by atoms with Crippen LogP contribution in [0.4, 0.5) is 0 Å². The lowest BCUT2D eigenvalue weighted by atomic mass is 11.0. The molecule has 0 saturated heterocycles. The number of nitrogens with zero attached hydrogens (tertiary/aromatic N) is 1. The summed E-state index contributed by atoms with van der Waals surface area (Å²) in [6.07, 6.45) is 1.25. The SMILES string of the molecule is Cl.N#CN.O=c1[nH]c(=O)[nH]c(=O)[nH]1. The molecule has 0 atom stereocenters. The van der Waals surface area contributed by atoms with Crippen molar-refractivity contribution in [2.45, 2.75) is 0 Å². The van der Waals surface area contributed by atoms with Crippen LogP contribution in [0.15, 0.2) is 14.4 Å². The minimum Gasteiger partial charge on any atom is -0.337 e. The first-order chi connectivity index (χ1) is 5.60. The largest absolute Gasteiger partial charge is 0.337 e. The van der Waals surface area contributed by atoms with E-state index in [1.165, 1.54) is 6.19 Å². The van der Waals surface area contributed by atoms with Gasteiger partial charge in [0.15, 0.2) is 6.19 Å². The normalized spacial score (nSPS) is 7.00. The molecule has 0 radical (unpaired) electrons. The van der Waals surface area contributed by atoms with Crippen molar-refractivity contribution >= 4 is 12.4 Å². The Balaban J connectivity index is 0. The summed E-state index contributed by atoms with van der Waals surface area (Å²) in [4.78, 5) is 35.9. The third-order valence-electron chi connectivity index (χ3n) is 0.681. The average molecular weight is 208 g/mol. The number of halogens is 1. The molecule has 0 aliphatic heterocycles. The van der Waals surface area contributed by atoms with Crippen molar-refractivity contribution in [2.24, 2.45) is 5.73 Å². The van der Waals surface area contributed by atoms with Crippen LogP contribution < -0.4 is 22.8 Å². The second kappa shape index (κ2) is 6.68. The van der Waals surface area contributed by atoms with Crippen LogP contribution in [-0.4, -0.2) is 15.0 Å². The summed E-state index contributed by atoms with van der Waals surface area (Å²) in [5, 5.41) is 7.10. The third-order valence-corrected chi connectivity index (χ3v) is 0.681.